The molecular formula is C12H18N2O2. The van der Waals surface area contributed by atoms with Crippen molar-refractivity contribution in [1.82, 2.24) is 9.78 Å². The molecule has 0 aliphatic heterocycles. The van der Waals surface area contributed by atoms with Crippen LogP contribution in [0, 0.1) is 6.92 Å². The third-order valence-electron chi connectivity index (χ3n) is 3.45. The highest BCUT2D eigenvalue weighted by atomic mass is 16.4. The number of rotatable bonds is 2. The van der Waals surface area contributed by atoms with Gasteiger partial charge < -0.3 is 5.11 Å². The fourth-order valence-electron chi connectivity index (χ4n) is 2.50. The fraction of sp³-hybridized carbons (Fsp3) is 0.667. The maximum atomic E-state index is 10.9. The summed E-state index contributed by atoms with van der Waals surface area (Å²) < 4.78 is 1.91. The molecule has 0 amide bonds. The summed E-state index contributed by atoms with van der Waals surface area (Å²) in [5, 5.41) is 13.2. The van der Waals surface area contributed by atoms with Gasteiger partial charge in [0, 0.05) is 0 Å². The summed E-state index contributed by atoms with van der Waals surface area (Å²) >= 11 is 0. The van der Waals surface area contributed by atoms with Gasteiger partial charge in [-0.1, -0.05) is 25.7 Å². The number of hydrogen-bond acceptors (Lipinski definition) is 2. The molecule has 0 saturated heterocycles. The highest BCUT2D eigenvalue weighted by Crippen LogP contribution is 2.28. The number of carbonyl (C=O) groups is 1. The lowest BCUT2D eigenvalue weighted by molar-refractivity contribution is 0.0696. The van der Waals surface area contributed by atoms with E-state index in [0.29, 0.717) is 11.6 Å². The Labute approximate surface area is 95.3 Å². The largest absolute Gasteiger partial charge is 0.478 e. The fourth-order valence-corrected chi connectivity index (χ4v) is 2.50. The SMILES string of the molecule is Cc1c(C(=O)O)cnn1C1CCCCCC1. The molecule has 4 nitrogen and oxygen atoms in total. The van der Waals surface area contributed by atoms with Gasteiger partial charge in [0.1, 0.15) is 5.56 Å². The maximum Gasteiger partial charge on any atom is 0.339 e. The molecule has 1 aromatic rings. The third kappa shape index (κ3) is 2.10. The van der Waals surface area contributed by atoms with E-state index >= 15 is 0 Å². The van der Waals surface area contributed by atoms with Gasteiger partial charge >= 0.3 is 5.97 Å². The summed E-state index contributed by atoms with van der Waals surface area (Å²) in [6.07, 6.45) is 8.77. The van der Waals surface area contributed by atoms with Crippen molar-refractivity contribution in [2.45, 2.75) is 51.5 Å². The molecule has 88 valence electrons. The molecule has 0 atom stereocenters. The van der Waals surface area contributed by atoms with Crippen molar-refractivity contribution in [3.05, 3.63) is 17.5 Å². The lowest BCUT2D eigenvalue weighted by Gasteiger charge is -2.16. The first kappa shape index (κ1) is 11.2. The quantitative estimate of drug-likeness (QED) is 0.783. The van der Waals surface area contributed by atoms with Gasteiger partial charge in [0.05, 0.1) is 17.9 Å². The summed E-state index contributed by atoms with van der Waals surface area (Å²) in [4.78, 5) is 10.9. The van der Waals surface area contributed by atoms with Crippen LogP contribution in [0.4, 0.5) is 0 Å². The van der Waals surface area contributed by atoms with Crippen LogP contribution in [0.1, 0.15) is 60.6 Å². The number of carboxylic acid groups (broad SMARTS) is 1. The molecule has 1 heterocycles. The molecule has 1 aliphatic rings. The normalized spacial score (nSPS) is 18.3. The van der Waals surface area contributed by atoms with Crippen molar-refractivity contribution in [3.8, 4) is 0 Å². The molecule has 0 bridgehead atoms. The highest BCUT2D eigenvalue weighted by molar-refractivity contribution is 5.88. The summed E-state index contributed by atoms with van der Waals surface area (Å²) in [6, 6.07) is 0.399. The van der Waals surface area contributed by atoms with Crippen LogP contribution in [0.3, 0.4) is 0 Å². The van der Waals surface area contributed by atoms with Crippen LogP contribution in [0.25, 0.3) is 0 Å². The number of aromatic carboxylic acids is 1. The molecule has 0 spiro atoms. The van der Waals surface area contributed by atoms with Crippen LogP contribution >= 0.6 is 0 Å². The molecular weight excluding hydrogens is 204 g/mol. The first-order valence-electron chi connectivity index (χ1n) is 5.97. The Balaban J connectivity index is 2.22. The van der Waals surface area contributed by atoms with Gasteiger partial charge in [0.15, 0.2) is 0 Å². The van der Waals surface area contributed by atoms with Crippen molar-refractivity contribution in [2.24, 2.45) is 0 Å². The van der Waals surface area contributed by atoms with Crippen LogP contribution in [0.5, 0.6) is 0 Å². The van der Waals surface area contributed by atoms with E-state index in [1.54, 1.807) is 0 Å². The standard InChI is InChI=1S/C12H18N2O2/c1-9-11(12(15)16)8-13-14(9)10-6-4-2-3-5-7-10/h8,10H,2-7H2,1H3,(H,15,16). The van der Waals surface area contributed by atoms with Crippen molar-refractivity contribution >= 4 is 5.97 Å². The van der Waals surface area contributed by atoms with E-state index in [-0.39, 0.29) is 0 Å². The Kier molecular flexibility index (Phi) is 3.27. The Morgan fingerprint density at radius 1 is 1.38 bits per heavy atom. The number of hydrogen-bond donors (Lipinski definition) is 1. The zero-order chi connectivity index (χ0) is 11.5. The van der Waals surface area contributed by atoms with Gasteiger partial charge in [-0.15, -0.1) is 0 Å². The predicted octanol–water partition coefficient (Wildman–Crippen LogP) is 2.79. The Morgan fingerprint density at radius 3 is 2.50 bits per heavy atom. The number of aromatic nitrogens is 2. The molecule has 1 aromatic heterocycles. The Hall–Kier alpha value is -1.32. The molecule has 1 aliphatic carbocycles. The second-order valence-electron chi connectivity index (χ2n) is 4.54. The lowest BCUT2D eigenvalue weighted by Crippen LogP contribution is -2.12. The van der Waals surface area contributed by atoms with Crippen LogP contribution in [0.2, 0.25) is 0 Å². The average Bonchev–Trinajstić information content (AvgIpc) is 2.50. The maximum absolute atomic E-state index is 10.9. The predicted molar refractivity (Wildman–Crippen MR) is 60.7 cm³/mol. The van der Waals surface area contributed by atoms with Crippen LogP contribution in [-0.4, -0.2) is 20.9 Å². The summed E-state index contributed by atoms with van der Waals surface area (Å²) in [5.41, 5.74) is 1.13. The number of nitrogens with zero attached hydrogens (tertiary/aromatic N) is 2. The van der Waals surface area contributed by atoms with Gasteiger partial charge in [-0.2, -0.15) is 5.10 Å². The van der Waals surface area contributed by atoms with Crippen LogP contribution in [-0.2, 0) is 0 Å². The third-order valence-corrected chi connectivity index (χ3v) is 3.45. The molecule has 0 aromatic carbocycles. The van der Waals surface area contributed by atoms with E-state index in [0.717, 1.165) is 18.5 Å². The van der Waals surface area contributed by atoms with Crippen LogP contribution in [0.15, 0.2) is 6.20 Å². The van der Waals surface area contributed by atoms with E-state index < -0.39 is 5.97 Å². The second kappa shape index (κ2) is 4.68. The van der Waals surface area contributed by atoms with Crippen LogP contribution < -0.4 is 0 Å². The first-order chi connectivity index (χ1) is 7.70. The van der Waals surface area contributed by atoms with Crippen molar-refractivity contribution < 1.29 is 9.90 Å². The smallest absolute Gasteiger partial charge is 0.339 e. The minimum atomic E-state index is -0.877. The van der Waals surface area contributed by atoms with Crippen molar-refractivity contribution in [1.29, 1.82) is 0 Å². The molecule has 1 saturated carbocycles. The zero-order valence-corrected chi connectivity index (χ0v) is 9.65. The van der Waals surface area contributed by atoms with E-state index in [1.807, 2.05) is 11.6 Å². The molecule has 0 radical (unpaired) electrons. The molecule has 4 heteroatoms. The average molecular weight is 222 g/mol. The van der Waals surface area contributed by atoms with Crippen molar-refractivity contribution in [2.75, 3.05) is 0 Å². The minimum Gasteiger partial charge on any atom is -0.478 e. The molecule has 0 unspecified atom stereocenters. The summed E-state index contributed by atoms with van der Waals surface area (Å²) in [7, 11) is 0. The zero-order valence-electron chi connectivity index (χ0n) is 9.65. The van der Waals surface area contributed by atoms with Gasteiger partial charge in [-0.25, -0.2) is 4.79 Å². The molecule has 2 rings (SSSR count). The van der Waals surface area contributed by atoms with Crippen molar-refractivity contribution in [3.63, 3.8) is 0 Å². The minimum absolute atomic E-state index is 0.337. The van der Waals surface area contributed by atoms with E-state index in [2.05, 4.69) is 5.10 Å². The summed E-state index contributed by atoms with van der Waals surface area (Å²) in [5.74, 6) is -0.877. The summed E-state index contributed by atoms with van der Waals surface area (Å²) in [6.45, 7) is 1.85. The van der Waals surface area contributed by atoms with E-state index in [9.17, 15) is 4.79 Å². The number of carboxylic acids is 1. The van der Waals surface area contributed by atoms with Gasteiger partial charge in [0.2, 0.25) is 0 Å². The molecule has 1 fully saturated rings. The monoisotopic (exact) mass is 222 g/mol. The second-order valence-corrected chi connectivity index (χ2v) is 4.54. The lowest BCUT2D eigenvalue weighted by atomic mass is 10.1. The van der Waals surface area contributed by atoms with Gasteiger partial charge in [0.25, 0.3) is 0 Å². The van der Waals surface area contributed by atoms with Gasteiger partial charge in [-0.05, 0) is 19.8 Å². The first-order valence-corrected chi connectivity index (χ1v) is 5.97. The molecule has 16 heavy (non-hydrogen) atoms. The van der Waals surface area contributed by atoms with E-state index in [4.69, 9.17) is 5.11 Å². The highest BCUT2D eigenvalue weighted by Gasteiger charge is 2.20. The topological polar surface area (TPSA) is 55.1 Å². The Morgan fingerprint density at radius 2 is 2.00 bits per heavy atom. The Bertz CT molecular complexity index is 376. The molecule has 1 N–H and O–H groups in total. The van der Waals surface area contributed by atoms with Gasteiger partial charge in [-0.3, -0.25) is 4.68 Å². The van der Waals surface area contributed by atoms with E-state index in [1.165, 1.54) is 31.9 Å².